The van der Waals surface area contributed by atoms with E-state index in [2.05, 4.69) is 22.3 Å². The van der Waals surface area contributed by atoms with Gasteiger partial charge in [-0.2, -0.15) is 0 Å². The van der Waals surface area contributed by atoms with Crippen LogP contribution in [0.3, 0.4) is 0 Å². The Morgan fingerprint density at radius 1 is 0.909 bits per heavy atom. The maximum absolute atomic E-state index is 11.9. The molecule has 4 rings (SSSR count). The van der Waals surface area contributed by atoms with Crippen LogP contribution >= 0.6 is 11.8 Å². The van der Waals surface area contributed by atoms with Gasteiger partial charge < -0.3 is 9.47 Å². The van der Waals surface area contributed by atoms with Gasteiger partial charge >= 0.3 is 0 Å². The van der Waals surface area contributed by atoms with E-state index in [1.165, 1.54) is 11.8 Å². The Kier molecular flexibility index (Phi) is 7.42. The van der Waals surface area contributed by atoms with Crippen molar-refractivity contribution in [2.45, 2.75) is 25.1 Å². The van der Waals surface area contributed by atoms with E-state index in [0.29, 0.717) is 28.9 Å². The fourth-order valence-electron chi connectivity index (χ4n) is 3.38. The Balaban J connectivity index is 1.66. The molecule has 0 bridgehead atoms. The monoisotopic (exact) mass is 459 g/mol. The van der Waals surface area contributed by atoms with Crippen LogP contribution in [0.15, 0.2) is 84.0 Å². The van der Waals surface area contributed by atoms with Gasteiger partial charge in [0.05, 0.1) is 18.6 Å². The highest BCUT2D eigenvalue weighted by Gasteiger charge is 2.19. The highest BCUT2D eigenvalue weighted by Crippen LogP contribution is 2.32. The minimum absolute atomic E-state index is 0.157. The molecule has 0 saturated heterocycles. The molecule has 0 amide bonds. The van der Waals surface area contributed by atoms with Crippen molar-refractivity contribution in [3.63, 3.8) is 0 Å². The number of hydrogen-bond donors (Lipinski definition) is 0. The molecule has 7 heteroatoms. The number of hydrogen-bond acceptors (Lipinski definition) is 6. The number of ether oxygens (including phenoxy) is 2. The molecule has 0 spiro atoms. The lowest BCUT2D eigenvalue weighted by Gasteiger charge is -2.15. The average Bonchev–Trinajstić information content (AvgIpc) is 3.29. The predicted octanol–water partition coefficient (Wildman–Crippen LogP) is 5.59. The summed E-state index contributed by atoms with van der Waals surface area (Å²) in [7, 11) is 1.63. The highest BCUT2D eigenvalue weighted by molar-refractivity contribution is 7.99. The lowest BCUT2D eigenvalue weighted by atomic mass is 10.1. The molecule has 168 valence electrons. The molecule has 1 aromatic heterocycles. The number of thioether (sulfide) groups is 1. The summed E-state index contributed by atoms with van der Waals surface area (Å²) in [5.74, 6) is 2.56. The number of nitrogens with zero attached hydrogens (tertiary/aromatic N) is 3. The maximum atomic E-state index is 11.9. The molecule has 0 aliphatic rings. The zero-order valence-corrected chi connectivity index (χ0v) is 19.4. The molecule has 6 nitrogen and oxygen atoms in total. The van der Waals surface area contributed by atoms with Gasteiger partial charge in [-0.25, -0.2) is 0 Å². The van der Waals surface area contributed by atoms with Crippen molar-refractivity contribution in [1.29, 1.82) is 0 Å². The molecule has 0 unspecified atom stereocenters. The first kappa shape index (κ1) is 22.6. The van der Waals surface area contributed by atoms with Crippen LogP contribution in [-0.4, -0.2) is 33.4 Å². The summed E-state index contributed by atoms with van der Waals surface area (Å²) >= 11 is 1.36. The zero-order valence-electron chi connectivity index (χ0n) is 18.6. The van der Waals surface area contributed by atoms with Crippen molar-refractivity contribution in [3.8, 4) is 28.3 Å². The number of aromatic nitrogens is 3. The van der Waals surface area contributed by atoms with Crippen molar-refractivity contribution < 1.29 is 14.3 Å². The largest absolute Gasteiger partial charge is 0.495 e. The number of ketones is 1. The van der Waals surface area contributed by atoms with Gasteiger partial charge in [-0.3, -0.25) is 9.36 Å². The van der Waals surface area contributed by atoms with Crippen LogP contribution in [0.1, 0.15) is 19.2 Å². The van der Waals surface area contributed by atoms with E-state index >= 15 is 0 Å². The summed E-state index contributed by atoms with van der Waals surface area (Å²) in [6.45, 7) is 2.06. The van der Waals surface area contributed by atoms with Gasteiger partial charge in [0.1, 0.15) is 23.9 Å². The molecule has 33 heavy (non-hydrogen) atoms. The number of methoxy groups -OCH3 is 1. The first-order valence-electron chi connectivity index (χ1n) is 10.7. The van der Waals surface area contributed by atoms with E-state index in [4.69, 9.17) is 9.47 Å². The molecule has 0 saturated carbocycles. The van der Waals surface area contributed by atoms with Crippen LogP contribution in [0.4, 0.5) is 0 Å². The number of benzene rings is 3. The normalized spacial score (nSPS) is 10.7. The van der Waals surface area contributed by atoms with Crippen molar-refractivity contribution >= 4 is 17.5 Å². The quantitative estimate of drug-likeness (QED) is 0.288. The molecule has 0 aliphatic carbocycles. The van der Waals surface area contributed by atoms with Crippen LogP contribution in [0, 0.1) is 0 Å². The van der Waals surface area contributed by atoms with E-state index < -0.39 is 0 Å². The zero-order chi connectivity index (χ0) is 23.0. The fourth-order valence-corrected chi connectivity index (χ4v) is 4.31. The van der Waals surface area contributed by atoms with Crippen LogP contribution in [-0.2, 0) is 11.4 Å². The molecule has 0 N–H and O–H groups in total. The minimum atomic E-state index is 0.157. The molecular weight excluding hydrogens is 434 g/mol. The third-order valence-corrected chi connectivity index (χ3v) is 6.10. The molecule has 0 aliphatic heterocycles. The summed E-state index contributed by atoms with van der Waals surface area (Å²) in [4.78, 5) is 11.9. The highest BCUT2D eigenvalue weighted by atomic mass is 32.2. The fraction of sp³-hybridized carbons (Fsp3) is 0.192. The van der Waals surface area contributed by atoms with Gasteiger partial charge in [0.15, 0.2) is 11.0 Å². The van der Waals surface area contributed by atoms with Gasteiger partial charge in [-0.15, -0.1) is 10.2 Å². The number of rotatable bonds is 10. The van der Waals surface area contributed by atoms with E-state index in [0.717, 1.165) is 22.6 Å². The number of carbonyl (C=O) groups excluding carboxylic acids is 1. The van der Waals surface area contributed by atoms with Crippen LogP contribution in [0.25, 0.3) is 16.8 Å². The summed E-state index contributed by atoms with van der Waals surface area (Å²) in [6.07, 6.45) is 0.488. The van der Waals surface area contributed by atoms with Crippen LogP contribution < -0.4 is 9.47 Å². The predicted molar refractivity (Wildman–Crippen MR) is 130 cm³/mol. The molecular formula is C26H25N3O3S. The topological polar surface area (TPSA) is 66.2 Å². The summed E-state index contributed by atoms with van der Waals surface area (Å²) < 4.78 is 13.7. The minimum Gasteiger partial charge on any atom is -0.495 e. The van der Waals surface area contributed by atoms with Crippen LogP contribution in [0.5, 0.6) is 11.5 Å². The second kappa shape index (κ2) is 10.8. The molecule has 0 atom stereocenters. The third kappa shape index (κ3) is 5.26. The Morgan fingerprint density at radius 3 is 2.36 bits per heavy atom. The van der Waals surface area contributed by atoms with E-state index in [1.54, 1.807) is 7.11 Å². The lowest BCUT2D eigenvalue weighted by molar-refractivity contribution is -0.116. The molecule has 0 fully saturated rings. The Hall–Kier alpha value is -3.58. The van der Waals surface area contributed by atoms with Gasteiger partial charge in [0.25, 0.3) is 0 Å². The number of para-hydroxylation sites is 3. The second-order valence-electron chi connectivity index (χ2n) is 7.24. The van der Waals surface area contributed by atoms with Crippen molar-refractivity contribution in [2.75, 3.05) is 12.9 Å². The van der Waals surface area contributed by atoms with Crippen molar-refractivity contribution in [2.24, 2.45) is 0 Å². The second-order valence-corrected chi connectivity index (χ2v) is 8.18. The first-order valence-corrected chi connectivity index (χ1v) is 11.7. The number of carbonyl (C=O) groups is 1. The molecule has 0 radical (unpaired) electrons. The van der Waals surface area contributed by atoms with Crippen molar-refractivity contribution in [1.82, 2.24) is 14.8 Å². The molecule has 4 aromatic rings. The number of Topliss-reactive ketones (excluding diaryl/α,β-unsaturated/α-hetero) is 1. The SMILES string of the molecule is CCC(=O)CSc1nnc(COc2ccccc2-c2ccccc2)n1-c1ccccc1OC. The average molecular weight is 460 g/mol. The van der Waals surface area contributed by atoms with E-state index in [1.807, 2.05) is 78.2 Å². The molecule has 1 heterocycles. The maximum Gasteiger partial charge on any atom is 0.196 e. The lowest BCUT2D eigenvalue weighted by Crippen LogP contribution is -2.09. The molecule has 3 aromatic carbocycles. The van der Waals surface area contributed by atoms with Gasteiger partial charge in [-0.05, 0) is 23.8 Å². The smallest absolute Gasteiger partial charge is 0.196 e. The Bertz CT molecular complexity index is 1220. The van der Waals surface area contributed by atoms with Gasteiger partial charge in [0.2, 0.25) is 0 Å². The summed E-state index contributed by atoms with van der Waals surface area (Å²) in [6, 6.07) is 25.7. The van der Waals surface area contributed by atoms with Gasteiger partial charge in [-0.1, -0.05) is 79.3 Å². The van der Waals surface area contributed by atoms with Gasteiger partial charge in [0, 0.05) is 12.0 Å². The Labute approximate surface area is 197 Å². The summed E-state index contributed by atoms with van der Waals surface area (Å²) in [5, 5.41) is 9.37. The third-order valence-electron chi connectivity index (χ3n) is 5.11. The Morgan fingerprint density at radius 2 is 1.61 bits per heavy atom. The first-order chi connectivity index (χ1) is 16.2. The summed E-state index contributed by atoms with van der Waals surface area (Å²) in [5.41, 5.74) is 2.88. The van der Waals surface area contributed by atoms with E-state index in [-0.39, 0.29) is 12.4 Å². The standard InChI is InChI=1S/C26H25N3O3S/c1-3-20(30)18-33-26-28-27-25(29(26)22-14-8-10-16-24(22)31-2)17-32-23-15-9-7-13-21(23)19-11-5-4-6-12-19/h4-16H,3,17-18H2,1-2H3. The van der Waals surface area contributed by atoms with E-state index in [9.17, 15) is 4.79 Å². The van der Waals surface area contributed by atoms with Crippen LogP contribution in [0.2, 0.25) is 0 Å². The van der Waals surface area contributed by atoms with Crippen molar-refractivity contribution in [3.05, 3.63) is 84.7 Å².